The van der Waals surface area contributed by atoms with Gasteiger partial charge in [-0.3, -0.25) is 9.54 Å². The average molecular weight is 237 g/mol. The largest absolute Gasteiger partial charge is 0.285 e. The van der Waals surface area contributed by atoms with Crippen molar-refractivity contribution in [2.75, 3.05) is 0 Å². The van der Waals surface area contributed by atoms with Crippen molar-refractivity contribution in [3.63, 3.8) is 0 Å². The summed E-state index contributed by atoms with van der Waals surface area (Å²) < 4.78 is 31.3. The average Bonchev–Trinajstić information content (AvgIpc) is 2.26. The third-order valence-electron chi connectivity index (χ3n) is 2.57. The van der Waals surface area contributed by atoms with Gasteiger partial charge < -0.3 is 0 Å². The quantitative estimate of drug-likeness (QED) is 0.813. The van der Waals surface area contributed by atoms with E-state index >= 15 is 0 Å². The molecule has 16 heavy (non-hydrogen) atoms. The Hall–Kier alpha value is -1.46. The Morgan fingerprint density at radius 3 is 2.62 bits per heavy atom. The first-order valence-electron chi connectivity index (χ1n) is 4.80. The summed E-state index contributed by atoms with van der Waals surface area (Å²) in [7, 11) is -4.08. The molecule has 1 aromatic carbocycles. The van der Waals surface area contributed by atoms with Gasteiger partial charge in [-0.05, 0) is 24.6 Å². The molecule has 1 unspecified atom stereocenters. The lowest BCUT2D eigenvalue weighted by molar-refractivity contribution is 0.472. The molecule has 1 atom stereocenters. The van der Waals surface area contributed by atoms with Gasteiger partial charge in [0.15, 0.2) is 0 Å². The summed E-state index contributed by atoms with van der Waals surface area (Å²) in [6, 6.07) is 8.84. The van der Waals surface area contributed by atoms with E-state index in [9.17, 15) is 8.42 Å². The maximum Gasteiger partial charge on any atom is 0.271 e. The zero-order valence-corrected chi connectivity index (χ0v) is 9.48. The number of aromatic nitrogens is 1. The van der Waals surface area contributed by atoms with Crippen LogP contribution in [0.15, 0.2) is 36.5 Å². The van der Waals surface area contributed by atoms with Gasteiger partial charge in [0.1, 0.15) is 5.25 Å². The molecule has 0 aliphatic rings. The number of pyridine rings is 1. The number of fused-ring (bicyclic) bond motifs is 1. The highest BCUT2D eigenvalue weighted by atomic mass is 32.2. The van der Waals surface area contributed by atoms with E-state index < -0.39 is 15.4 Å². The van der Waals surface area contributed by atoms with Crippen molar-refractivity contribution in [1.29, 1.82) is 0 Å². The van der Waals surface area contributed by atoms with Crippen LogP contribution < -0.4 is 0 Å². The molecule has 2 rings (SSSR count). The molecular weight excluding hydrogens is 226 g/mol. The molecule has 2 aromatic rings. The molecule has 0 bridgehead atoms. The van der Waals surface area contributed by atoms with Crippen LogP contribution in [0.4, 0.5) is 0 Å². The fourth-order valence-corrected chi connectivity index (χ4v) is 2.16. The molecule has 0 saturated carbocycles. The summed E-state index contributed by atoms with van der Waals surface area (Å²) in [6.45, 7) is 1.46. The van der Waals surface area contributed by atoms with Gasteiger partial charge in [0, 0.05) is 11.6 Å². The first-order chi connectivity index (χ1) is 7.50. The molecule has 0 saturated heterocycles. The number of hydrogen-bond acceptors (Lipinski definition) is 3. The molecule has 0 aliphatic heterocycles. The van der Waals surface area contributed by atoms with Crippen molar-refractivity contribution >= 4 is 21.0 Å². The zero-order valence-electron chi connectivity index (χ0n) is 8.66. The number of para-hydroxylation sites is 1. The van der Waals surface area contributed by atoms with Crippen molar-refractivity contribution in [3.05, 3.63) is 42.1 Å². The van der Waals surface area contributed by atoms with Gasteiger partial charge >= 0.3 is 0 Å². The van der Waals surface area contributed by atoms with Crippen LogP contribution in [0, 0.1) is 0 Å². The minimum absolute atomic E-state index is 0.563. The Morgan fingerprint density at radius 1 is 1.25 bits per heavy atom. The molecule has 1 heterocycles. The predicted octanol–water partition coefficient (Wildman–Crippen LogP) is 2.18. The zero-order chi connectivity index (χ0) is 11.8. The van der Waals surface area contributed by atoms with E-state index in [0.717, 1.165) is 10.9 Å². The molecule has 0 aliphatic carbocycles. The van der Waals surface area contributed by atoms with E-state index in [4.69, 9.17) is 4.55 Å². The van der Waals surface area contributed by atoms with Crippen LogP contribution in [0.3, 0.4) is 0 Å². The molecule has 0 amide bonds. The summed E-state index contributed by atoms with van der Waals surface area (Å²) in [4.78, 5) is 4.13. The van der Waals surface area contributed by atoms with E-state index in [0.29, 0.717) is 5.56 Å². The second kappa shape index (κ2) is 3.84. The molecule has 0 radical (unpaired) electrons. The van der Waals surface area contributed by atoms with Crippen LogP contribution in [-0.4, -0.2) is 18.0 Å². The normalized spacial score (nSPS) is 13.9. The Bertz CT molecular complexity index is 617. The molecule has 84 valence electrons. The van der Waals surface area contributed by atoms with Crippen molar-refractivity contribution in [1.82, 2.24) is 4.98 Å². The van der Waals surface area contributed by atoms with Gasteiger partial charge in [-0.1, -0.05) is 18.2 Å². The molecule has 5 heteroatoms. The lowest BCUT2D eigenvalue weighted by atomic mass is 10.1. The van der Waals surface area contributed by atoms with Gasteiger partial charge in [-0.2, -0.15) is 8.42 Å². The van der Waals surface area contributed by atoms with Crippen molar-refractivity contribution < 1.29 is 13.0 Å². The van der Waals surface area contributed by atoms with Crippen LogP contribution in [0.2, 0.25) is 0 Å². The Morgan fingerprint density at radius 2 is 1.94 bits per heavy atom. The SMILES string of the molecule is CC(c1ccnc2ccccc12)S(=O)(=O)O. The second-order valence-corrected chi connectivity index (χ2v) is 5.31. The van der Waals surface area contributed by atoms with Crippen LogP contribution in [0.1, 0.15) is 17.7 Å². The van der Waals surface area contributed by atoms with Gasteiger partial charge in [0.2, 0.25) is 0 Å². The van der Waals surface area contributed by atoms with Gasteiger partial charge in [-0.25, -0.2) is 0 Å². The molecule has 1 aromatic heterocycles. The van der Waals surface area contributed by atoms with Crippen LogP contribution in [0.5, 0.6) is 0 Å². The lowest BCUT2D eigenvalue weighted by Crippen LogP contribution is -2.09. The summed E-state index contributed by atoms with van der Waals surface area (Å²) in [5.74, 6) is 0. The summed E-state index contributed by atoms with van der Waals surface area (Å²) >= 11 is 0. The van der Waals surface area contributed by atoms with E-state index in [1.807, 2.05) is 12.1 Å². The highest BCUT2D eigenvalue weighted by Crippen LogP contribution is 2.27. The van der Waals surface area contributed by atoms with Gasteiger partial charge in [0.25, 0.3) is 10.1 Å². The first-order valence-corrected chi connectivity index (χ1v) is 6.30. The molecule has 1 N–H and O–H groups in total. The maximum absolute atomic E-state index is 11.1. The summed E-state index contributed by atoms with van der Waals surface area (Å²) in [6.07, 6.45) is 1.54. The maximum atomic E-state index is 11.1. The Balaban J connectivity index is 2.70. The number of nitrogens with zero attached hydrogens (tertiary/aromatic N) is 1. The highest BCUT2D eigenvalue weighted by molar-refractivity contribution is 7.86. The standard InChI is InChI=1S/C11H11NO3S/c1-8(16(13,14)15)9-6-7-12-11-5-3-2-4-10(9)11/h2-8H,1H3,(H,13,14,15). The smallest absolute Gasteiger partial charge is 0.271 e. The van der Waals surface area contributed by atoms with E-state index in [1.165, 1.54) is 6.92 Å². The minimum Gasteiger partial charge on any atom is -0.285 e. The monoisotopic (exact) mass is 237 g/mol. The predicted molar refractivity (Wildman–Crippen MR) is 61.7 cm³/mol. The van der Waals surface area contributed by atoms with Crippen LogP contribution in [-0.2, 0) is 10.1 Å². The molecule has 0 fully saturated rings. The topological polar surface area (TPSA) is 67.3 Å². The van der Waals surface area contributed by atoms with E-state index in [2.05, 4.69) is 4.98 Å². The van der Waals surface area contributed by atoms with E-state index in [1.54, 1.807) is 24.4 Å². The second-order valence-electron chi connectivity index (χ2n) is 3.57. The lowest BCUT2D eigenvalue weighted by Gasteiger charge is -2.10. The van der Waals surface area contributed by atoms with Crippen molar-refractivity contribution in [3.8, 4) is 0 Å². The van der Waals surface area contributed by atoms with Crippen molar-refractivity contribution in [2.45, 2.75) is 12.2 Å². The Kier molecular flexibility index (Phi) is 2.65. The molecular formula is C11H11NO3S. The van der Waals surface area contributed by atoms with Gasteiger partial charge in [-0.15, -0.1) is 0 Å². The fourth-order valence-electron chi connectivity index (χ4n) is 1.63. The highest BCUT2D eigenvalue weighted by Gasteiger charge is 2.21. The molecule has 4 nitrogen and oxygen atoms in total. The number of hydrogen-bond donors (Lipinski definition) is 1. The number of rotatable bonds is 2. The van der Waals surface area contributed by atoms with Crippen LogP contribution in [0.25, 0.3) is 10.9 Å². The third kappa shape index (κ3) is 1.91. The van der Waals surface area contributed by atoms with Crippen molar-refractivity contribution in [2.24, 2.45) is 0 Å². The summed E-state index contributed by atoms with van der Waals surface area (Å²) in [5.41, 5.74) is 1.28. The first kappa shape index (κ1) is 11.0. The van der Waals surface area contributed by atoms with Gasteiger partial charge in [0.05, 0.1) is 5.52 Å². The Labute approximate surface area is 93.7 Å². The van der Waals surface area contributed by atoms with Crippen LogP contribution >= 0.6 is 0 Å². The van der Waals surface area contributed by atoms with E-state index in [-0.39, 0.29) is 0 Å². The molecule has 0 spiro atoms. The minimum atomic E-state index is -4.08. The third-order valence-corrected chi connectivity index (χ3v) is 3.72. The summed E-state index contributed by atoms with van der Waals surface area (Å²) in [5, 5.41) is -0.199. The fraction of sp³-hybridized carbons (Fsp3) is 0.182. The number of benzene rings is 1.